The molecule has 7 heteroatoms. The fourth-order valence-electron chi connectivity index (χ4n) is 2.81. The van der Waals surface area contributed by atoms with E-state index in [1.54, 1.807) is 24.3 Å². The van der Waals surface area contributed by atoms with Gasteiger partial charge in [0.15, 0.2) is 5.69 Å². The summed E-state index contributed by atoms with van der Waals surface area (Å²) in [5.74, 6) is 0. The number of hydrogen-bond donors (Lipinski definition) is 1. The van der Waals surface area contributed by atoms with Crippen LogP contribution in [0.2, 0.25) is 0 Å². The van der Waals surface area contributed by atoms with Crippen LogP contribution in [0.5, 0.6) is 0 Å². The second-order valence-electron chi connectivity index (χ2n) is 5.20. The van der Waals surface area contributed by atoms with Gasteiger partial charge in [-0.3, -0.25) is 4.79 Å². The van der Waals surface area contributed by atoms with Gasteiger partial charge in [0, 0.05) is 16.9 Å². The van der Waals surface area contributed by atoms with Crippen molar-refractivity contribution in [3.63, 3.8) is 0 Å². The third-order valence-corrected chi connectivity index (χ3v) is 3.79. The molecule has 22 heavy (non-hydrogen) atoms. The van der Waals surface area contributed by atoms with Crippen molar-refractivity contribution in [2.45, 2.75) is 31.9 Å². The Kier molecular flexibility index (Phi) is 3.64. The van der Waals surface area contributed by atoms with E-state index in [0.717, 1.165) is 12.8 Å². The predicted octanol–water partition coefficient (Wildman–Crippen LogP) is 3.34. The number of nitrogens with one attached hydrogen (secondary N) is 1. The number of halogens is 3. The van der Waals surface area contributed by atoms with Crippen molar-refractivity contribution >= 4 is 12.1 Å². The number of hydrogen-bond acceptors (Lipinski definition) is 2. The van der Waals surface area contributed by atoms with E-state index < -0.39 is 11.9 Å². The molecule has 1 aliphatic carbocycles. The van der Waals surface area contributed by atoms with Gasteiger partial charge in [-0.25, -0.2) is 4.68 Å². The molecule has 4 nitrogen and oxygen atoms in total. The van der Waals surface area contributed by atoms with E-state index in [4.69, 9.17) is 0 Å². The number of aromatic nitrogens is 2. The van der Waals surface area contributed by atoms with Crippen LogP contribution in [0.3, 0.4) is 0 Å². The number of rotatable bonds is 3. The molecule has 0 spiro atoms. The second kappa shape index (κ2) is 5.47. The van der Waals surface area contributed by atoms with Crippen LogP contribution < -0.4 is 5.32 Å². The highest BCUT2D eigenvalue weighted by Crippen LogP contribution is 2.36. The summed E-state index contributed by atoms with van der Waals surface area (Å²) in [6.45, 7) is 0. The Morgan fingerprint density at radius 1 is 1.14 bits per heavy atom. The molecule has 3 rings (SSSR count). The number of benzene rings is 1. The molecule has 0 saturated heterocycles. The lowest BCUT2D eigenvalue weighted by Crippen LogP contribution is -2.11. The van der Waals surface area contributed by atoms with Crippen molar-refractivity contribution in [1.29, 1.82) is 0 Å². The minimum Gasteiger partial charge on any atom is -0.329 e. The quantitative estimate of drug-likeness (QED) is 0.884. The number of amides is 1. The molecule has 1 aromatic heterocycles. The molecule has 0 aliphatic heterocycles. The van der Waals surface area contributed by atoms with Gasteiger partial charge in [0.25, 0.3) is 0 Å². The lowest BCUT2D eigenvalue weighted by Gasteiger charge is -2.14. The molecule has 0 fully saturated rings. The molecule has 0 radical (unpaired) electrons. The summed E-state index contributed by atoms with van der Waals surface area (Å²) in [5.41, 5.74) is 1.31. The standard InChI is InChI=1S/C15H14F3N3O/c16-15(17,18)14-12-3-1-2-4-13(12)21(20-14)11-7-5-10(6-8-11)19-9-22/h5-9H,1-4H2,(H,19,22). The van der Waals surface area contributed by atoms with Crippen LogP contribution in [0.1, 0.15) is 29.8 Å². The van der Waals surface area contributed by atoms with E-state index in [1.165, 1.54) is 4.68 Å². The average Bonchev–Trinajstić information content (AvgIpc) is 2.88. The molecular weight excluding hydrogens is 295 g/mol. The van der Waals surface area contributed by atoms with E-state index in [1.807, 2.05) is 0 Å². The van der Waals surface area contributed by atoms with Crippen molar-refractivity contribution in [2.75, 3.05) is 5.32 Å². The molecule has 1 heterocycles. The molecule has 1 N–H and O–H groups in total. The monoisotopic (exact) mass is 309 g/mol. The highest BCUT2D eigenvalue weighted by Gasteiger charge is 2.39. The van der Waals surface area contributed by atoms with Gasteiger partial charge >= 0.3 is 6.18 Å². The Hall–Kier alpha value is -2.31. The largest absolute Gasteiger partial charge is 0.435 e. The number of nitrogens with zero attached hydrogens (tertiary/aromatic N) is 2. The summed E-state index contributed by atoms with van der Waals surface area (Å²) < 4.78 is 40.8. The number of alkyl halides is 3. The summed E-state index contributed by atoms with van der Waals surface area (Å²) in [6.07, 6.45) is -1.27. The van der Waals surface area contributed by atoms with Crippen molar-refractivity contribution in [2.24, 2.45) is 0 Å². The fourth-order valence-corrected chi connectivity index (χ4v) is 2.81. The molecule has 2 aromatic rings. The van der Waals surface area contributed by atoms with Crippen LogP contribution in [0.25, 0.3) is 5.69 Å². The summed E-state index contributed by atoms with van der Waals surface area (Å²) >= 11 is 0. The fraction of sp³-hybridized carbons (Fsp3) is 0.333. The van der Waals surface area contributed by atoms with Crippen LogP contribution in [-0.4, -0.2) is 16.2 Å². The highest BCUT2D eigenvalue weighted by atomic mass is 19.4. The van der Waals surface area contributed by atoms with Gasteiger partial charge in [-0.05, 0) is 49.9 Å². The topological polar surface area (TPSA) is 46.9 Å². The Bertz CT molecular complexity index is 689. The van der Waals surface area contributed by atoms with Crippen molar-refractivity contribution in [1.82, 2.24) is 9.78 Å². The molecule has 0 bridgehead atoms. The number of anilines is 1. The number of carbonyl (C=O) groups excluding carboxylic acids is 1. The van der Waals surface area contributed by atoms with Crippen molar-refractivity contribution < 1.29 is 18.0 Å². The zero-order chi connectivity index (χ0) is 15.7. The van der Waals surface area contributed by atoms with Gasteiger partial charge in [0.1, 0.15) is 0 Å². The van der Waals surface area contributed by atoms with E-state index in [-0.39, 0.29) is 0 Å². The molecule has 0 saturated carbocycles. The van der Waals surface area contributed by atoms with E-state index in [0.29, 0.717) is 41.9 Å². The van der Waals surface area contributed by atoms with Crippen LogP contribution >= 0.6 is 0 Å². The maximum Gasteiger partial charge on any atom is 0.435 e. The van der Waals surface area contributed by atoms with Crippen LogP contribution in [0, 0.1) is 0 Å². The average molecular weight is 309 g/mol. The SMILES string of the molecule is O=CNc1ccc(-n2nc(C(F)(F)F)c3c2CCCC3)cc1. The second-order valence-corrected chi connectivity index (χ2v) is 5.20. The summed E-state index contributed by atoms with van der Waals surface area (Å²) in [5, 5.41) is 6.30. The normalized spacial score (nSPS) is 14.5. The third-order valence-electron chi connectivity index (χ3n) is 3.79. The van der Waals surface area contributed by atoms with Crippen molar-refractivity contribution in [3.05, 3.63) is 41.2 Å². The molecular formula is C15H14F3N3O. The van der Waals surface area contributed by atoms with Gasteiger partial charge in [0.2, 0.25) is 6.41 Å². The summed E-state index contributed by atoms with van der Waals surface area (Å²) in [7, 11) is 0. The van der Waals surface area contributed by atoms with Crippen LogP contribution in [0.4, 0.5) is 18.9 Å². The highest BCUT2D eigenvalue weighted by molar-refractivity contribution is 5.71. The molecule has 1 aromatic carbocycles. The molecule has 1 amide bonds. The number of carbonyl (C=O) groups is 1. The van der Waals surface area contributed by atoms with Crippen LogP contribution in [0.15, 0.2) is 24.3 Å². The minimum absolute atomic E-state index is 0.314. The zero-order valence-corrected chi connectivity index (χ0v) is 11.7. The first-order valence-electron chi connectivity index (χ1n) is 6.99. The van der Waals surface area contributed by atoms with Gasteiger partial charge in [0.05, 0.1) is 5.69 Å². The third kappa shape index (κ3) is 2.58. The molecule has 0 unspecified atom stereocenters. The first-order chi connectivity index (χ1) is 10.5. The van der Waals surface area contributed by atoms with E-state index in [9.17, 15) is 18.0 Å². The van der Waals surface area contributed by atoms with Gasteiger partial charge in [-0.15, -0.1) is 0 Å². The Morgan fingerprint density at radius 2 is 1.82 bits per heavy atom. The molecule has 1 aliphatic rings. The first-order valence-corrected chi connectivity index (χ1v) is 6.99. The van der Waals surface area contributed by atoms with Gasteiger partial charge < -0.3 is 5.32 Å². The Labute approximate surface area is 124 Å². The smallest absolute Gasteiger partial charge is 0.329 e. The summed E-state index contributed by atoms with van der Waals surface area (Å²) in [6, 6.07) is 6.56. The lowest BCUT2D eigenvalue weighted by atomic mass is 9.95. The Balaban J connectivity index is 2.06. The maximum absolute atomic E-state index is 13.1. The van der Waals surface area contributed by atoms with E-state index in [2.05, 4.69) is 10.4 Å². The molecule has 116 valence electrons. The number of fused-ring (bicyclic) bond motifs is 1. The van der Waals surface area contributed by atoms with Crippen LogP contribution in [-0.2, 0) is 23.8 Å². The zero-order valence-electron chi connectivity index (χ0n) is 11.7. The molecule has 0 atom stereocenters. The maximum atomic E-state index is 13.1. The van der Waals surface area contributed by atoms with Gasteiger partial charge in [-0.1, -0.05) is 0 Å². The Morgan fingerprint density at radius 3 is 2.45 bits per heavy atom. The van der Waals surface area contributed by atoms with Crippen molar-refractivity contribution in [3.8, 4) is 5.69 Å². The minimum atomic E-state index is -4.44. The predicted molar refractivity (Wildman–Crippen MR) is 74.9 cm³/mol. The van der Waals surface area contributed by atoms with Gasteiger partial charge in [-0.2, -0.15) is 18.3 Å². The lowest BCUT2D eigenvalue weighted by molar-refractivity contribution is -0.142. The first kappa shape index (κ1) is 14.6. The summed E-state index contributed by atoms with van der Waals surface area (Å²) in [4.78, 5) is 10.4. The van der Waals surface area contributed by atoms with E-state index >= 15 is 0 Å².